The quantitative estimate of drug-likeness (QED) is 0.861. The van der Waals surface area contributed by atoms with Crippen LogP contribution in [0, 0.1) is 6.92 Å². The fourth-order valence-corrected chi connectivity index (χ4v) is 2.40. The molecule has 0 radical (unpaired) electrons. The zero-order valence-corrected chi connectivity index (χ0v) is 11.7. The Hall–Kier alpha value is -1.80. The zero-order valence-electron chi connectivity index (χ0n) is 11.7. The van der Waals surface area contributed by atoms with Crippen molar-refractivity contribution in [3.8, 4) is 5.75 Å². The first-order valence-electron chi connectivity index (χ1n) is 6.68. The van der Waals surface area contributed by atoms with E-state index in [-0.39, 0.29) is 6.04 Å². The molecule has 2 aromatic carbocycles. The van der Waals surface area contributed by atoms with Gasteiger partial charge in [0.2, 0.25) is 0 Å². The number of rotatable bonds is 4. The highest BCUT2D eigenvalue weighted by atomic mass is 16.3. The summed E-state index contributed by atoms with van der Waals surface area (Å²) in [6, 6.07) is 16.4. The lowest BCUT2D eigenvalue weighted by Crippen LogP contribution is -2.23. The normalized spacial score (nSPS) is 14.1. The highest BCUT2D eigenvalue weighted by molar-refractivity contribution is 5.30. The number of benzene rings is 2. The lowest BCUT2D eigenvalue weighted by molar-refractivity contribution is 0.472. The SMILES string of the molecule is Cc1ccccc1C(C)NC(C)c1ccc(O)cc1. The van der Waals surface area contributed by atoms with Crippen LogP contribution in [-0.2, 0) is 0 Å². The second-order valence-electron chi connectivity index (χ2n) is 5.06. The van der Waals surface area contributed by atoms with Crippen molar-refractivity contribution in [2.75, 3.05) is 0 Å². The smallest absolute Gasteiger partial charge is 0.115 e. The Labute approximate surface area is 115 Å². The lowest BCUT2D eigenvalue weighted by Gasteiger charge is -2.22. The van der Waals surface area contributed by atoms with Crippen LogP contribution < -0.4 is 5.32 Å². The molecule has 0 heterocycles. The fourth-order valence-electron chi connectivity index (χ4n) is 2.40. The van der Waals surface area contributed by atoms with E-state index in [4.69, 9.17) is 0 Å². The third-order valence-corrected chi connectivity index (χ3v) is 3.55. The highest BCUT2D eigenvalue weighted by Gasteiger charge is 2.12. The molecule has 0 bridgehead atoms. The summed E-state index contributed by atoms with van der Waals surface area (Å²) < 4.78 is 0. The molecule has 0 aliphatic rings. The predicted molar refractivity (Wildman–Crippen MR) is 79.3 cm³/mol. The molecule has 0 saturated heterocycles. The summed E-state index contributed by atoms with van der Waals surface area (Å²) in [7, 11) is 0. The van der Waals surface area contributed by atoms with E-state index in [0.717, 1.165) is 0 Å². The van der Waals surface area contributed by atoms with Crippen molar-refractivity contribution >= 4 is 0 Å². The molecular formula is C17H21NO. The number of phenolic OH excluding ortho intramolecular Hbond substituents is 1. The van der Waals surface area contributed by atoms with Gasteiger partial charge in [-0.2, -0.15) is 0 Å². The Bertz CT molecular complexity index is 533. The Kier molecular flexibility index (Phi) is 4.23. The molecule has 2 unspecified atom stereocenters. The van der Waals surface area contributed by atoms with Crippen LogP contribution in [0.1, 0.15) is 42.6 Å². The average Bonchev–Trinajstić information content (AvgIpc) is 2.39. The molecule has 0 aliphatic carbocycles. The molecule has 2 atom stereocenters. The first-order valence-corrected chi connectivity index (χ1v) is 6.68. The number of aryl methyl sites for hydroxylation is 1. The minimum absolute atomic E-state index is 0.246. The number of nitrogens with one attached hydrogen (secondary N) is 1. The van der Waals surface area contributed by atoms with Crippen molar-refractivity contribution in [3.05, 3.63) is 65.2 Å². The summed E-state index contributed by atoms with van der Waals surface area (Å²) in [5.74, 6) is 0.308. The molecular weight excluding hydrogens is 234 g/mol. The van der Waals surface area contributed by atoms with Crippen LogP contribution in [-0.4, -0.2) is 5.11 Å². The van der Waals surface area contributed by atoms with Crippen LogP contribution in [0.25, 0.3) is 0 Å². The van der Waals surface area contributed by atoms with Crippen molar-refractivity contribution in [3.63, 3.8) is 0 Å². The molecule has 2 N–H and O–H groups in total. The lowest BCUT2D eigenvalue weighted by atomic mass is 10.0. The largest absolute Gasteiger partial charge is 0.508 e. The van der Waals surface area contributed by atoms with Gasteiger partial charge in [0.05, 0.1) is 0 Å². The second-order valence-corrected chi connectivity index (χ2v) is 5.06. The molecule has 0 amide bonds. The summed E-state index contributed by atoms with van der Waals surface area (Å²) >= 11 is 0. The molecule has 2 nitrogen and oxygen atoms in total. The standard InChI is InChI=1S/C17H21NO/c1-12-6-4-5-7-17(12)14(3)18-13(2)15-8-10-16(19)11-9-15/h4-11,13-14,18-19H,1-3H3. The van der Waals surface area contributed by atoms with Gasteiger partial charge in [-0.05, 0) is 49.6 Å². The van der Waals surface area contributed by atoms with Gasteiger partial charge in [0.1, 0.15) is 5.75 Å². The number of phenols is 1. The van der Waals surface area contributed by atoms with Gasteiger partial charge in [-0.1, -0.05) is 36.4 Å². The molecule has 2 rings (SSSR count). The molecule has 19 heavy (non-hydrogen) atoms. The maximum absolute atomic E-state index is 9.31. The van der Waals surface area contributed by atoms with Crippen molar-refractivity contribution in [2.24, 2.45) is 0 Å². The van der Waals surface area contributed by atoms with E-state index in [0.29, 0.717) is 11.8 Å². The van der Waals surface area contributed by atoms with E-state index in [1.807, 2.05) is 12.1 Å². The summed E-state index contributed by atoms with van der Waals surface area (Å²) in [4.78, 5) is 0. The van der Waals surface area contributed by atoms with E-state index >= 15 is 0 Å². The van der Waals surface area contributed by atoms with Crippen LogP contribution >= 0.6 is 0 Å². The van der Waals surface area contributed by atoms with Gasteiger partial charge in [0.25, 0.3) is 0 Å². The van der Waals surface area contributed by atoms with Crippen LogP contribution in [0.4, 0.5) is 0 Å². The summed E-state index contributed by atoms with van der Waals surface area (Å²) in [5, 5.41) is 12.9. The molecule has 0 aliphatic heterocycles. The zero-order chi connectivity index (χ0) is 13.8. The molecule has 0 saturated carbocycles. The monoisotopic (exact) mass is 255 g/mol. The number of hydrogen-bond donors (Lipinski definition) is 2. The van der Waals surface area contributed by atoms with Gasteiger partial charge < -0.3 is 10.4 Å². The summed E-state index contributed by atoms with van der Waals surface area (Å²) in [6.45, 7) is 6.46. The third kappa shape index (κ3) is 3.36. The minimum Gasteiger partial charge on any atom is -0.508 e. The maximum atomic E-state index is 9.31. The highest BCUT2D eigenvalue weighted by Crippen LogP contribution is 2.22. The predicted octanol–water partition coefficient (Wildman–Crippen LogP) is 4.11. The third-order valence-electron chi connectivity index (χ3n) is 3.55. The Morgan fingerprint density at radius 1 is 0.895 bits per heavy atom. The number of aromatic hydroxyl groups is 1. The maximum Gasteiger partial charge on any atom is 0.115 e. The van der Waals surface area contributed by atoms with Gasteiger partial charge in [-0.25, -0.2) is 0 Å². The fraction of sp³-hybridized carbons (Fsp3) is 0.294. The minimum atomic E-state index is 0.246. The van der Waals surface area contributed by atoms with Crippen molar-refractivity contribution in [2.45, 2.75) is 32.9 Å². The van der Waals surface area contributed by atoms with Crippen molar-refractivity contribution < 1.29 is 5.11 Å². The van der Waals surface area contributed by atoms with Crippen molar-refractivity contribution in [1.82, 2.24) is 5.32 Å². The van der Waals surface area contributed by atoms with E-state index in [1.165, 1.54) is 16.7 Å². The first-order chi connectivity index (χ1) is 9.08. The van der Waals surface area contributed by atoms with Crippen molar-refractivity contribution in [1.29, 1.82) is 0 Å². The molecule has 0 fully saturated rings. The Morgan fingerprint density at radius 2 is 1.53 bits per heavy atom. The Morgan fingerprint density at radius 3 is 2.16 bits per heavy atom. The summed E-state index contributed by atoms with van der Waals surface area (Å²) in [6.07, 6.45) is 0. The molecule has 100 valence electrons. The van der Waals surface area contributed by atoms with E-state index in [9.17, 15) is 5.11 Å². The van der Waals surface area contributed by atoms with Gasteiger partial charge in [-0.15, -0.1) is 0 Å². The topological polar surface area (TPSA) is 32.3 Å². The van der Waals surface area contributed by atoms with Crippen LogP contribution in [0.5, 0.6) is 5.75 Å². The number of hydrogen-bond acceptors (Lipinski definition) is 2. The van der Waals surface area contributed by atoms with E-state index < -0.39 is 0 Å². The van der Waals surface area contributed by atoms with Gasteiger partial charge in [0.15, 0.2) is 0 Å². The van der Waals surface area contributed by atoms with E-state index in [2.05, 4.69) is 50.4 Å². The van der Waals surface area contributed by atoms with Gasteiger partial charge in [-0.3, -0.25) is 0 Å². The van der Waals surface area contributed by atoms with Gasteiger partial charge in [0, 0.05) is 12.1 Å². The van der Waals surface area contributed by atoms with Crippen LogP contribution in [0.3, 0.4) is 0 Å². The molecule has 2 heteroatoms. The van der Waals surface area contributed by atoms with E-state index in [1.54, 1.807) is 12.1 Å². The van der Waals surface area contributed by atoms with Crippen LogP contribution in [0.15, 0.2) is 48.5 Å². The van der Waals surface area contributed by atoms with Gasteiger partial charge >= 0.3 is 0 Å². The summed E-state index contributed by atoms with van der Waals surface area (Å²) in [5.41, 5.74) is 3.81. The van der Waals surface area contributed by atoms with Crippen LogP contribution in [0.2, 0.25) is 0 Å². The second kappa shape index (κ2) is 5.89. The Balaban J connectivity index is 2.08. The molecule has 0 spiro atoms. The molecule has 2 aromatic rings. The average molecular weight is 255 g/mol. The molecule has 0 aromatic heterocycles. The first kappa shape index (κ1) is 13.6.